The molecule has 1 amide bonds. The summed E-state index contributed by atoms with van der Waals surface area (Å²) < 4.78 is 69.8. The summed E-state index contributed by atoms with van der Waals surface area (Å²) in [6, 6.07) is 15.4. The van der Waals surface area contributed by atoms with Crippen molar-refractivity contribution in [1.29, 1.82) is 0 Å². The van der Waals surface area contributed by atoms with Crippen molar-refractivity contribution in [3.63, 3.8) is 0 Å². The van der Waals surface area contributed by atoms with E-state index in [-0.39, 0.29) is 29.4 Å². The van der Waals surface area contributed by atoms with Gasteiger partial charge in [0.25, 0.3) is 0 Å². The highest BCUT2D eigenvalue weighted by molar-refractivity contribution is 6.05. The summed E-state index contributed by atoms with van der Waals surface area (Å²) in [4.78, 5) is 18.8. The highest BCUT2D eigenvalue weighted by Gasteiger charge is 2.38. The number of carbonyl (C=O) groups is 1. The largest absolute Gasteiger partial charge is 0.573 e. The number of rotatable bonds is 5. The van der Waals surface area contributed by atoms with Crippen molar-refractivity contribution in [3.8, 4) is 16.9 Å². The Labute approximate surface area is 198 Å². The lowest BCUT2D eigenvalue weighted by atomic mass is 9.89. The molecule has 0 aromatic heterocycles. The number of hydrogen-bond acceptors (Lipinski definition) is 3. The maximum atomic E-state index is 14.4. The minimum Gasteiger partial charge on any atom is -0.406 e. The van der Waals surface area contributed by atoms with Crippen LogP contribution in [0.4, 0.5) is 22.0 Å². The molecule has 1 heterocycles. The zero-order chi connectivity index (χ0) is 25.3. The molecule has 0 radical (unpaired) electrons. The minimum absolute atomic E-state index is 0.0853. The highest BCUT2D eigenvalue weighted by atomic mass is 19.4. The number of aliphatic imine (C=N–C) groups is 1. The molecule has 0 saturated heterocycles. The summed E-state index contributed by atoms with van der Waals surface area (Å²) in [7, 11) is 3.21. The van der Waals surface area contributed by atoms with Gasteiger partial charge in [0.2, 0.25) is 5.91 Å². The molecule has 4 rings (SSSR count). The number of alkyl halides is 3. The van der Waals surface area contributed by atoms with Crippen molar-refractivity contribution >= 4 is 11.6 Å². The van der Waals surface area contributed by atoms with Gasteiger partial charge < -0.3 is 9.64 Å². The van der Waals surface area contributed by atoms with Gasteiger partial charge in [-0.1, -0.05) is 42.5 Å². The van der Waals surface area contributed by atoms with Gasteiger partial charge in [0.1, 0.15) is 17.4 Å². The molecule has 0 unspecified atom stereocenters. The molecule has 182 valence electrons. The molecule has 0 aliphatic carbocycles. The van der Waals surface area contributed by atoms with Crippen LogP contribution in [0.3, 0.4) is 0 Å². The van der Waals surface area contributed by atoms with Crippen LogP contribution in [-0.4, -0.2) is 37.0 Å². The van der Waals surface area contributed by atoms with Gasteiger partial charge in [0.15, 0.2) is 0 Å². The van der Waals surface area contributed by atoms with E-state index in [9.17, 15) is 26.7 Å². The topological polar surface area (TPSA) is 41.9 Å². The Morgan fingerprint density at radius 3 is 1.97 bits per heavy atom. The van der Waals surface area contributed by atoms with Crippen LogP contribution in [0.2, 0.25) is 0 Å². The van der Waals surface area contributed by atoms with Gasteiger partial charge in [-0.15, -0.1) is 13.2 Å². The minimum atomic E-state index is -4.77. The van der Waals surface area contributed by atoms with E-state index >= 15 is 0 Å². The number of halogens is 5. The van der Waals surface area contributed by atoms with Crippen LogP contribution in [0.25, 0.3) is 11.1 Å². The molecule has 0 spiro atoms. The Balaban J connectivity index is 1.63. The van der Waals surface area contributed by atoms with E-state index < -0.39 is 30.0 Å². The van der Waals surface area contributed by atoms with Crippen LogP contribution in [0, 0.1) is 17.6 Å². The summed E-state index contributed by atoms with van der Waals surface area (Å²) in [5, 5.41) is 0. The first kappa shape index (κ1) is 24.4. The number of hydrogen-bond donors (Lipinski definition) is 0. The van der Waals surface area contributed by atoms with E-state index in [1.54, 1.807) is 38.4 Å². The Kier molecular flexibility index (Phi) is 6.60. The van der Waals surface area contributed by atoms with Crippen LogP contribution >= 0.6 is 0 Å². The number of ether oxygens (including phenoxy) is 1. The van der Waals surface area contributed by atoms with Crippen LogP contribution in [0.5, 0.6) is 5.75 Å². The number of amides is 1. The van der Waals surface area contributed by atoms with E-state index in [0.717, 1.165) is 17.7 Å². The van der Waals surface area contributed by atoms with E-state index in [1.807, 2.05) is 0 Å². The second-order valence-corrected chi connectivity index (χ2v) is 8.35. The molecule has 0 bridgehead atoms. The van der Waals surface area contributed by atoms with Crippen molar-refractivity contribution in [3.05, 3.63) is 89.5 Å². The first-order chi connectivity index (χ1) is 16.5. The van der Waals surface area contributed by atoms with Crippen molar-refractivity contribution < 1.29 is 31.5 Å². The van der Waals surface area contributed by atoms with Crippen LogP contribution in [-0.2, 0) is 4.79 Å². The van der Waals surface area contributed by atoms with E-state index in [0.29, 0.717) is 11.1 Å². The standard InChI is InChI=1S/C26H21F5N2O2/c1-33(2)25(34)19-14-22(23-20(27)4-3-5-21(23)28)32-24(19)17-8-6-15(7-9-17)16-10-12-18(13-11-16)35-26(29,30)31/h3-13,19,24H,14H2,1-2H3/t19-,24-/m0/s1. The molecule has 3 aromatic carbocycles. The molecular weight excluding hydrogens is 467 g/mol. The second kappa shape index (κ2) is 9.48. The predicted molar refractivity (Wildman–Crippen MR) is 121 cm³/mol. The third-order valence-corrected chi connectivity index (χ3v) is 5.77. The fourth-order valence-electron chi connectivity index (χ4n) is 4.15. The predicted octanol–water partition coefficient (Wildman–Crippen LogP) is 6.17. The summed E-state index contributed by atoms with van der Waals surface area (Å²) in [5.41, 5.74) is 2.03. The average molecular weight is 488 g/mol. The number of benzene rings is 3. The third kappa shape index (κ3) is 5.34. The highest BCUT2D eigenvalue weighted by Crippen LogP contribution is 2.39. The summed E-state index contributed by atoms with van der Waals surface area (Å²) >= 11 is 0. The monoisotopic (exact) mass is 488 g/mol. The van der Waals surface area contributed by atoms with Crippen molar-refractivity contribution in [2.75, 3.05) is 14.1 Å². The normalized spacial score (nSPS) is 17.7. The molecule has 35 heavy (non-hydrogen) atoms. The summed E-state index contributed by atoms with van der Waals surface area (Å²) in [5.74, 6) is -2.66. The Hall–Kier alpha value is -3.75. The second-order valence-electron chi connectivity index (χ2n) is 8.35. The first-order valence-electron chi connectivity index (χ1n) is 10.7. The van der Waals surface area contributed by atoms with E-state index in [2.05, 4.69) is 9.73 Å². The quantitative estimate of drug-likeness (QED) is 0.403. The smallest absolute Gasteiger partial charge is 0.406 e. The van der Waals surface area contributed by atoms with Crippen LogP contribution in [0.15, 0.2) is 71.7 Å². The molecule has 0 fully saturated rings. The molecule has 1 aliphatic rings. The van der Waals surface area contributed by atoms with Crippen molar-refractivity contribution in [1.82, 2.24) is 4.90 Å². The van der Waals surface area contributed by atoms with Gasteiger partial charge >= 0.3 is 6.36 Å². The van der Waals surface area contributed by atoms with E-state index in [4.69, 9.17) is 0 Å². The van der Waals surface area contributed by atoms with Gasteiger partial charge in [-0.2, -0.15) is 0 Å². The van der Waals surface area contributed by atoms with Crippen LogP contribution < -0.4 is 4.74 Å². The van der Waals surface area contributed by atoms with Gasteiger partial charge in [-0.3, -0.25) is 9.79 Å². The molecule has 0 N–H and O–H groups in total. The lowest BCUT2D eigenvalue weighted by molar-refractivity contribution is -0.274. The van der Waals surface area contributed by atoms with Gasteiger partial charge in [0, 0.05) is 26.2 Å². The number of carbonyl (C=O) groups excluding carboxylic acids is 1. The van der Waals surface area contributed by atoms with Gasteiger partial charge in [-0.25, -0.2) is 8.78 Å². The molecule has 0 saturated carbocycles. The SMILES string of the molecule is CN(C)C(=O)[C@H]1CC(c2c(F)cccc2F)=N[C@H]1c1ccc(-c2ccc(OC(F)(F)F)cc2)cc1. The lowest BCUT2D eigenvalue weighted by Gasteiger charge is -2.21. The maximum absolute atomic E-state index is 14.4. The molecule has 1 aliphatic heterocycles. The van der Waals surface area contributed by atoms with Crippen LogP contribution in [0.1, 0.15) is 23.6 Å². The molecular formula is C26H21F5N2O2. The van der Waals surface area contributed by atoms with Crippen molar-refractivity contribution in [2.24, 2.45) is 10.9 Å². The van der Waals surface area contributed by atoms with Gasteiger partial charge in [0.05, 0.1) is 17.5 Å². The van der Waals surface area contributed by atoms with Crippen molar-refractivity contribution in [2.45, 2.75) is 18.8 Å². The fraction of sp³-hybridized carbons (Fsp3) is 0.231. The maximum Gasteiger partial charge on any atom is 0.573 e. The zero-order valence-corrected chi connectivity index (χ0v) is 18.8. The first-order valence-corrected chi connectivity index (χ1v) is 10.7. The van der Waals surface area contributed by atoms with Gasteiger partial charge in [-0.05, 0) is 41.0 Å². The fourth-order valence-corrected chi connectivity index (χ4v) is 4.15. The third-order valence-electron chi connectivity index (χ3n) is 5.77. The summed E-state index contributed by atoms with van der Waals surface area (Å²) in [6.45, 7) is 0. The lowest BCUT2D eigenvalue weighted by Crippen LogP contribution is -2.31. The molecule has 4 nitrogen and oxygen atoms in total. The number of nitrogens with zero attached hydrogens (tertiary/aromatic N) is 2. The molecule has 3 aromatic rings. The average Bonchev–Trinajstić information content (AvgIpc) is 3.23. The summed E-state index contributed by atoms with van der Waals surface area (Å²) in [6.07, 6.45) is -4.68. The zero-order valence-electron chi connectivity index (χ0n) is 18.8. The Bertz CT molecular complexity index is 1230. The molecule has 2 atom stereocenters. The Morgan fingerprint density at radius 1 is 0.914 bits per heavy atom. The van der Waals surface area contributed by atoms with E-state index in [1.165, 1.54) is 35.2 Å². The Morgan fingerprint density at radius 2 is 1.46 bits per heavy atom. The molecule has 9 heteroatoms.